The van der Waals surface area contributed by atoms with Crippen LogP contribution in [0.4, 0.5) is 0 Å². The van der Waals surface area contributed by atoms with E-state index in [4.69, 9.17) is 35.7 Å². The molecule has 1 unspecified atom stereocenters. The SMILES string of the molecule is C/N=C\C(=C/Cl)c1nc(-c2n[nH]c(=O)o2)nc2nc(C(C)(OC)c3csc(C)n3)n(C[C@H]3CC[C@H](C)CC3)c12. The number of rotatable bonds is 8. The van der Waals surface area contributed by atoms with E-state index in [1.54, 1.807) is 31.7 Å². The summed E-state index contributed by atoms with van der Waals surface area (Å²) >= 11 is 7.85. The van der Waals surface area contributed by atoms with Crippen molar-refractivity contribution in [3.8, 4) is 11.7 Å². The molecule has 1 aliphatic carbocycles. The lowest BCUT2D eigenvalue weighted by Gasteiger charge is -2.30. The van der Waals surface area contributed by atoms with Crippen molar-refractivity contribution < 1.29 is 9.15 Å². The first-order valence-corrected chi connectivity index (χ1v) is 14.1. The molecule has 0 amide bonds. The van der Waals surface area contributed by atoms with Gasteiger partial charge in [0, 0.05) is 43.4 Å². The van der Waals surface area contributed by atoms with Gasteiger partial charge in [0.1, 0.15) is 17.0 Å². The van der Waals surface area contributed by atoms with Gasteiger partial charge in [0.05, 0.1) is 10.7 Å². The number of aryl methyl sites for hydroxylation is 1. The summed E-state index contributed by atoms with van der Waals surface area (Å²) in [6, 6.07) is 0. The van der Waals surface area contributed by atoms with Crippen LogP contribution in [0.25, 0.3) is 28.5 Å². The Bertz CT molecular complexity index is 1590. The second-order valence-electron chi connectivity index (χ2n) is 10.1. The smallest absolute Gasteiger partial charge is 0.384 e. The van der Waals surface area contributed by atoms with Crippen LogP contribution in [-0.4, -0.2) is 55.1 Å². The first kappa shape index (κ1) is 27.4. The fraction of sp³-hybridized carbons (Fsp3) is 0.500. The number of imidazole rings is 1. The maximum atomic E-state index is 11.7. The molecule has 1 atom stereocenters. The van der Waals surface area contributed by atoms with Crippen LogP contribution in [0.3, 0.4) is 0 Å². The van der Waals surface area contributed by atoms with Gasteiger partial charge in [0.25, 0.3) is 5.89 Å². The number of thiazole rings is 1. The fourth-order valence-electron chi connectivity index (χ4n) is 5.14. The lowest BCUT2D eigenvalue weighted by Crippen LogP contribution is -2.32. The van der Waals surface area contributed by atoms with E-state index in [1.807, 2.05) is 19.2 Å². The Morgan fingerprint density at radius 2 is 2.08 bits per heavy atom. The molecule has 4 aromatic rings. The second kappa shape index (κ2) is 11.1. The molecule has 39 heavy (non-hydrogen) atoms. The Hall–Kier alpha value is -3.22. The van der Waals surface area contributed by atoms with Crippen LogP contribution < -0.4 is 5.76 Å². The van der Waals surface area contributed by atoms with E-state index < -0.39 is 11.4 Å². The highest BCUT2D eigenvalue weighted by Crippen LogP contribution is 2.38. The molecule has 0 bridgehead atoms. The van der Waals surface area contributed by atoms with Gasteiger partial charge in [0.15, 0.2) is 11.2 Å². The molecule has 0 spiro atoms. The van der Waals surface area contributed by atoms with E-state index in [2.05, 4.69) is 31.7 Å². The van der Waals surface area contributed by atoms with Gasteiger partial charge in [-0.25, -0.2) is 29.8 Å². The molecule has 1 N–H and O–H groups in total. The van der Waals surface area contributed by atoms with Crippen molar-refractivity contribution >= 4 is 45.9 Å². The van der Waals surface area contributed by atoms with E-state index in [9.17, 15) is 4.79 Å². The van der Waals surface area contributed by atoms with Gasteiger partial charge in [-0.1, -0.05) is 31.4 Å². The summed E-state index contributed by atoms with van der Waals surface area (Å²) in [7, 11) is 3.32. The van der Waals surface area contributed by atoms with Crippen LogP contribution in [0.1, 0.15) is 61.8 Å². The molecule has 13 heteroatoms. The zero-order valence-electron chi connectivity index (χ0n) is 22.6. The van der Waals surface area contributed by atoms with Crippen molar-refractivity contribution in [3.05, 3.63) is 43.7 Å². The Kier molecular flexibility index (Phi) is 7.79. The zero-order chi connectivity index (χ0) is 27.7. The minimum Gasteiger partial charge on any atom is -0.384 e. The van der Waals surface area contributed by atoms with Crippen LogP contribution in [0.5, 0.6) is 0 Å². The van der Waals surface area contributed by atoms with E-state index in [0.29, 0.717) is 40.7 Å². The van der Waals surface area contributed by atoms with Gasteiger partial charge >= 0.3 is 5.76 Å². The number of fused-ring (bicyclic) bond motifs is 1. The monoisotopic (exact) mass is 570 g/mol. The van der Waals surface area contributed by atoms with Gasteiger partial charge in [0.2, 0.25) is 5.82 Å². The molecule has 0 aromatic carbocycles. The molecule has 11 nitrogen and oxygen atoms in total. The molecule has 1 fully saturated rings. The Balaban J connectivity index is 1.80. The Labute approximate surface area is 234 Å². The predicted molar refractivity (Wildman–Crippen MR) is 151 cm³/mol. The molecule has 0 radical (unpaired) electrons. The first-order valence-electron chi connectivity index (χ1n) is 12.8. The summed E-state index contributed by atoms with van der Waals surface area (Å²) < 4.78 is 13.5. The maximum absolute atomic E-state index is 11.7. The molecular formula is C26H31ClN8O3S. The fourth-order valence-corrected chi connectivity index (χ4v) is 6.01. The number of H-pyrrole nitrogens is 1. The van der Waals surface area contributed by atoms with Crippen LogP contribution >= 0.6 is 22.9 Å². The minimum absolute atomic E-state index is 0.0486. The van der Waals surface area contributed by atoms with Gasteiger partial charge in [-0.15, -0.1) is 16.4 Å². The van der Waals surface area contributed by atoms with Crippen LogP contribution in [-0.2, 0) is 16.9 Å². The molecule has 4 aromatic heterocycles. The topological polar surface area (TPSA) is 137 Å². The van der Waals surface area contributed by atoms with Crippen molar-refractivity contribution in [3.63, 3.8) is 0 Å². The average Bonchev–Trinajstić information content (AvgIpc) is 3.66. The molecule has 1 aliphatic rings. The summed E-state index contributed by atoms with van der Waals surface area (Å²) in [6.07, 6.45) is 6.21. The van der Waals surface area contributed by atoms with Crippen molar-refractivity contribution in [1.82, 2.24) is 34.7 Å². The number of halogens is 1. The Morgan fingerprint density at radius 1 is 1.31 bits per heavy atom. The highest BCUT2D eigenvalue weighted by molar-refractivity contribution is 7.09. The van der Waals surface area contributed by atoms with E-state index >= 15 is 0 Å². The number of aromatic amines is 1. The lowest BCUT2D eigenvalue weighted by molar-refractivity contribution is 0.0245. The Morgan fingerprint density at radius 3 is 2.67 bits per heavy atom. The van der Waals surface area contributed by atoms with Gasteiger partial charge in [-0.3, -0.25) is 4.99 Å². The largest absolute Gasteiger partial charge is 0.434 e. The van der Waals surface area contributed by atoms with Crippen molar-refractivity contribution in [2.75, 3.05) is 14.2 Å². The van der Waals surface area contributed by atoms with Gasteiger partial charge in [-0.2, -0.15) is 0 Å². The number of methoxy groups -OCH3 is 1. The van der Waals surface area contributed by atoms with Gasteiger partial charge < -0.3 is 13.7 Å². The number of nitrogens with zero attached hydrogens (tertiary/aromatic N) is 7. The third-order valence-electron chi connectivity index (χ3n) is 7.41. The maximum Gasteiger partial charge on any atom is 0.434 e. The highest BCUT2D eigenvalue weighted by Gasteiger charge is 2.39. The highest BCUT2D eigenvalue weighted by atomic mass is 35.5. The van der Waals surface area contributed by atoms with E-state index in [1.165, 1.54) is 18.4 Å². The van der Waals surface area contributed by atoms with E-state index in [-0.39, 0.29) is 11.7 Å². The number of aliphatic imine (C=N–C) groups is 1. The van der Waals surface area contributed by atoms with Crippen LogP contribution in [0.15, 0.2) is 25.1 Å². The normalized spacial score (nSPS) is 20.2. The first-order chi connectivity index (χ1) is 18.8. The zero-order valence-corrected chi connectivity index (χ0v) is 24.1. The molecule has 0 saturated heterocycles. The number of nitrogens with one attached hydrogen (secondary N) is 1. The van der Waals surface area contributed by atoms with E-state index in [0.717, 1.165) is 29.5 Å². The summed E-state index contributed by atoms with van der Waals surface area (Å²) in [4.78, 5) is 35.1. The number of allylic oxidation sites excluding steroid dienone is 1. The lowest BCUT2D eigenvalue weighted by atomic mass is 9.83. The third-order valence-corrected chi connectivity index (χ3v) is 8.42. The van der Waals surface area contributed by atoms with Crippen LogP contribution in [0, 0.1) is 18.8 Å². The van der Waals surface area contributed by atoms with Crippen molar-refractivity contribution in [1.29, 1.82) is 0 Å². The average molecular weight is 571 g/mol. The summed E-state index contributed by atoms with van der Waals surface area (Å²) in [5.74, 6) is 1.16. The number of hydrogen-bond acceptors (Lipinski definition) is 10. The van der Waals surface area contributed by atoms with Crippen LogP contribution in [0.2, 0.25) is 0 Å². The predicted octanol–water partition coefficient (Wildman–Crippen LogP) is 4.95. The summed E-state index contributed by atoms with van der Waals surface area (Å²) in [5, 5.41) is 9.12. The summed E-state index contributed by atoms with van der Waals surface area (Å²) in [5.41, 5.74) is 3.35. The quantitative estimate of drug-likeness (QED) is 0.294. The minimum atomic E-state index is -0.965. The molecule has 206 valence electrons. The number of hydrogen-bond donors (Lipinski definition) is 1. The number of aromatic nitrogens is 7. The molecule has 5 rings (SSSR count). The van der Waals surface area contributed by atoms with Crippen molar-refractivity contribution in [2.24, 2.45) is 16.8 Å². The molecule has 4 heterocycles. The molecular weight excluding hydrogens is 540 g/mol. The van der Waals surface area contributed by atoms with Crippen molar-refractivity contribution in [2.45, 2.75) is 58.6 Å². The second-order valence-corrected chi connectivity index (χ2v) is 11.4. The third kappa shape index (κ3) is 5.20. The van der Waals surface area contributed by atoms with Gasteiger partial charge in [-0.05, 0) is 38.5 Å². The molecule has 1 saturated carbocycles. The summed E-state index contributed by atoms with van der Waals surface area (Å²) in [6.45, 7) is 6.94. The standard InChI is InChI=1S/C26H31ClN8O3S/c1-14-6-8-16(9-7-14)12-35-20-19(17(10-27)11-28-4)30-22(23-33-34-25(36)38-23)31-21(20)32-24(35)26(3,37-5)18-13-39-15(2)29-18/h10-11,13-14,16H,6-9,12H2,1-5H3,(H,34,36)/b17-10+,28-11-/t14-,16-,26?. The molecule has 0 aliphatic heterocycles. The number of ether oxygens (including phenoxy) is 1.